The van der Waals surface area contributed by atoms with Crippen LogP contribution in [-0.2, 0) is 22.7 Å². The third-order valence-electron chi connectivity index (χ3n) is 2.78. The number of alkyl halides is 3. The summed E-state index contributed by atoms with van der Waals surface area (Å²) in [7, 11) is -3.94. The highest BCUT2D eigenvalue weighted by Gasteiger charge is 2.32. The number of halogens is 5. The van der Waals surface area contributed by atoms with Crippen molar-refractivity contribution in [3.05, 3.63) is 57.8 Å². The molecule has 10 heteroatoms. The van der Waals surface area contributed by atoms with Gasteiger partial charge >= 0.3 is 6.18 Å². The van der Waals surface area contributed by atoms with Crippen molar-refractivity contribution in [3.63, 3.8) is 0 Å². The lowest BCUT2D eigenvalue weighted by atomic mass is 10.2. The second-order valence-corrected chi connectivity index (χ2v) is 7.03. The van der Waals surface area contributed by atoms with E-state index in [0.717, 1.165) is 18.3 Å². The number of benzene rings is 1. The average Bonchev–Trinajstić information content (AvgIpc) is 2.47. The molecule has 124 valence electrons. The Bertz CT molecular complexity index is 826. The van der Waals surface area contributed by atoms with Crippen LogP contribution in [0.25, 0.3) is 0 Å². The number of nitrogens with zero attached hydrogens (tertiary/aromatic N) is 1. The Hall–Kier alpha value is -1.35. The zero-order valence-corrected chi connectivity index (χ0v) is 13.6. The fourth-order valence-electron chi connectivity index (χ4n) is 1.64. The molecule has 4 nitrogen and oxygen atoms in total. The zero-order valence-electron chi connectivity index (χ0n) is 11.2. The molecule has 0 radical (unpaired) electrons. The summed E-state index contributed by atoms with van der Waals surface area (Å²) in [5.41, 5.74) is -0.973. The summed E-state index contributed by atoms with van der Waals surface area (Å²) in [6.45, 7) is -0.325. The first-order valence-corrected chi connectivity index (χ1v) is 8.30. The van der Waals surface area contributed by atoms with Gasteiger partial charge in [0.2, 0.25) is 10.0 Å². The molecule has 1 heterocycles. The minimum atomic E-state index is -4.60. The van der Waals surface area contributed by atoms with Crippen LogP contribution in [0.2, 0.25) is 10.0 Å². The molecular formula is C13H9Cl2F3N2O2S. The standard InChI is InChI=1S/C13H9Cl2F3N2O2S/c14-10-2-1-9(6-11(10)15)23(21,22)20-7-8-3-4-19-12(5-8)13(16,17)18/h1-6,20H,7H2. The molecule has 23 heavy (non-hydrogen) atoms. The van der Waals surface area contributed by atoms with E-state index in [1.54, 1.807) is 0 Å². The second kappa shape index (κ2) is 6.64. The van der Waals surface area contributed by atoms with E-state index in [-0.39, 0.29) is 27.0 Å². The Kier molecular flexibility index (Phi) is 5.20. The van der Waals surface area contributed by atoms with Crippen LogP contribution in [0.4, 0.5) is 13.2 Å². The summed E-state index contributed by atoms with van der Waals surface area (Å²) in [5, 5.41) is 0.243. The molecule has 0 saturated carbocycles. The SMILES string of the molecule is O=S(=O)(NCc1ccnc(C(F)(F)F)c1)c1ccc(Cl)c(Cl)c1. The third kappa shape index (κ3) is 4.57. The van der Waals surface area contributed by atoms with Gasteiger partial charge < -0.3 is 0 Å². The summed E-state index contributed by atoms with van der Waals surface area (Å²) >= 11 is 11.5. The van der Waals surface area contributed by atoms with Crippen molar-refractivity contribution >= 4 is 33.2 Å². The molecule has 0 aliphatic rings. The van der Waals surface area contributed by atoms with Crippen LogP contribution in [0.15, 0.2) is 41.4 Å². The molecule has 0 aliphatic heterocycles. The Morgan fingerprint density at radius 1 is 1.09 bits per heavy atom. The first-order valence-electron chi connectivity index (χ1n) is 6.06. The van der Waals surface area contributed by atoms with Gasteiger partial charge in [-0.1, -0.05) is 23.2 Å². The maximum absolute atomic E-state index is 12.6. The minimum absolute atomic E-state index is 0.0535. The quantitative estimate of drug-likeness (QED) is 0.869. The number of aromatic nitrogens is 1. The van der Waals surface area contributed by atoms with Gasteiger partial charge in [0.05, 0.1) is 14.9 Å². The minimum Gasteiger partial charge on any atom is -0.252 e. The zero-order chi connectivity index (χ0) is 17.3. The van der Waals surface area contributed by atoms with Gasteiger partial charge in [-0.2, -0.15) is 13.2 Å². The normalized spacial score (nSPS) is 12.4. The predicted octanol–water partition coefficient (Wildman–Crippen LogP) is 3.89. The maximum Gasteiger partial charge on any atom is 0.433 e. The highest BCUT2D eigenvalue weighted by molar-refractivity contribution is 7.89. The fraction of sp³-hybridized carbons (Fsp3) is 0.154. The second-order valence-electron chi connectivity index (χ2n) is 4.45. The van der Waals surface area contributed by atoms with Gasteiger partial charge in [0.25, 0.3) is 0 Å². The van der Waals surface area contributed by atoms with Gasteiger partial charge in [-0.3, -0.25) is 4.98 Å². The molecule has 0 atom stereocenters. The Labute approximate surface area is 140 Å². The topological polar surface area (TPSA) is 59.1 Å². The molecule has 1 N–H and O–H groups in total. The summed E-state index contributed by atoms with van der Waals surface area (Å²) in [6.07, 6.45) is -3.63. The molecule has 2 rings (SSSR count). The molecule has 0 amide bonds. The molecule has 1 aromatic heterocycles. The van der Waals surface area contributed by atoms with Crippen LogP contribution in [-0.4, -0.2) is 13.4 Å². The maximum atomic E-state index is 12.6. The number of hydrogen-bond donors (Lipinski definition) is 1. The van der Waals surface area contributed by atoms with Gasteiger partial charge in [-0.25, -0.2) is 13.1 Å². The van der Waals surface area contributed by atoms with E-state index in [9.17, 15) is 21.6 Å². The third-order valence-corrected chi connectivity index (χ3v) is 4.92. The van der Waals surface area contributed by atoms with Crippen LogP contribution in [0.3, 0.4) is 0 Å². The molecule has 0 saturated heterocycles. The van der Waals surface area contributed by atoms with Crippen LogP contribution >= 0.6 is 23.2 Å². The summed E-state index contributed by atoms with van der Waals surface area (Å²) < 4.78 is 64.1. The first-order chi connectivity index (χ1) is 10.6. The summed E-state index contributed by atoms with van der Waals surface area (Å²) in [6, 6.07) is 5.76. The van der Waals surface area contributed by atoms with E-state index in [1.165, 1.54) is 18.2 Å². The first kappa shape index (κ1) is 18.0. The van der Waals surface area contributed by atoms with Crippen LogP contribution in [0.5, 0.6) is 0 Å². The van der Waals surface area contributed by atoms with Crippen LogP contribution in [0, 0.1) is 0 Å². The van der Waals surface area contributed by atoms with Crippen molar-refractivity contribution < 1.29 is 21.6 Å². The van der Waals surface area contributed by atoms with E-state index in [1.807, 2.05) is 0 Å². The molecular weight excluding hydrogens is 376 g/mol. The molecule has 2 aromatic rings. The van der Waals surface area contributed by atoms with E-state index in [2.05, 4.69) is 9.71 Å². The van der Waals surface area contributed by atoms with Gasteiger partial charge in [-0.05, 0) is 35.9 Å². The Morgan fingerprint density at radius 2 is 1.78 bits per heavy atom. The average molecular weight is 385 g/mol. The summed E-state index contributed by atoms with van der Waals surface area (Å²) in [4.78, 5) is 3.06. The van der Waals surface area contributed by atoms with E-state index >= 15 is 0 Å². The highest BCUT2D eigenvalue weighted by atomic mass is 35.5. The summed E-state index contributed by atoms with van der Waals surface area (Å²) in [5.74, 6) is 0. The van der Waals surface area contributed by atoms with Gasteiger partial charge in [-0.15, -0.1) is 0 Å². The molecule has 0 fully saturated rings. The van der Waals surface area contributed by atoms with E-state index in [4.69, 9.17) is 23.2 Å². The lowest BCUT2D eigenvalue weighted by Gasteiger charge is -2.10. The number of sulfonamides is 1. The number of pyridine rings is 1. The van der Waals surface area contributed by atoms with Crippen molar-refractivity contribution in [1.29, 1.82) is 0 Å². The van der Waals surface area contributed by atoms with Crippen molar-refractivity contribution in [2.24, 2.45) is 0 Å². The number of rotatable bonds is 4. The molecule has 0 bridgehead atoms. The Balaban J connectivity index is 2.18. The van der Waals surface area contributed by atoms with Crippen molar-refractivity contribution in [1.82, 2.24) is 9.71 Å². The van der Waals surface area contributed by atoms with E-state index in [0.29, 0.717) is 0 Å². The van der Waals surface area contributed by atoms with Gasteiger partial charge in [0.1, 0.15) is 5.69 Å². The largest absolute Gasteiger partial charge is 0.433 e. The van der Waals surface area contributed by atoms with Crippen molar-refractivity contribution in [3.8, 4) is 0 Å². The van der Waals surface area contributed by atoms with E-state index < -0.39 is 21.9 Å². The van der Waals surface area contributed by atoms with Crippen molar-refractivity contribution in [2.45, 2.75) is 17.6 Å². The molecule has 1 aromatic carbocycles. The monoisotopic (exact) mass is 384 g/mol. The van der Waals surface area contributed by atoms with Gasteiger partial charge in [0, 0.05) is 12.7 Å². The molecule has 0 aliphatic carbocycles. The number of nitrogens with one attached hydrogen (secondary N) is 1. The lowest BCUT2D eigenvalue weighted by Crippen LogP contribution is -2.23. The molecule has 0 unspecified atom stereocenters. The van der Waals surface area contributed by atoms with Crippen molar-refractivity contribution in [2.75, 3.05) is 0 Å². The fourth-order valence-corrected chi connectivity index (χ4v) is 3.05. The number of hydrogen-bond acceptors (Lipinski definition) is 3. The lowest BCUT2D eigenvalue weighted by molar-refractivity contribution is -0.141. The highest BCUT2D eigenvalue weighted by Crippen LogP contribution is 2.28. The smallest absolute Gasteiger partial charge is 0.252 e. The molecule has 0 spiro atoms. The van der Waals surface area contributed by atoms with Crippen LogP contribution in [0.1, 0.15) is 11.3 Å². The van der Waals surface area contributed by atoms with Crippen LogP contribution < -0.4 is 4.72 Å². The van der Waals surface area contributed by atoms with Gasteiger partial charge in [0.15, 0.2) is 0 Å². The Morgan fingerprint density at radius 3 is 2.39 bits per heavy atom. The predicted molar refractivity (Wildman–Crippen MR) is 79.7 cm³/mol.